The second-order valence-electron chi connectivity index (χ2n) is 6.88. The number of halogens is 4. The molecule has 8 heteroatoms. The van der Waals surface area contributed by atoms with Crippen molar-refractivity contribution in [3.8, 4) is 0 Å². The number of carbonyl (C=O) groups excluding carboxylic acids is 2. The number of benzene rings is 2. The fraction of sp³-hybridized carbons (Fsp3) is 0.227. The Balaban J connectivity index is 1.68. The van der Waals surface area contributed by atoms with E-state index in [1.54, 1.807) is 30.5 Å². The summed E-state index contributed by atoms with van der Waals surface area (Å²) in [5.41, 5.74) is 0.956. The molecule has 0 N–H and O–H groups in total. The van der Waals surface area contributed by atoms with Gasteiger partial charge in [-0.3, -0.25) is 9.59 Å². The van der Waals surface area contributed by atoms with Crippen molar-refractivity contribution in [3.05, 3.63) is 85.8 Å². The Labute approximate surface area is 180 Å². The minimum absolute atomic E-state index is 0.0465. The lowest BCUT2D eigenvalue weighted by atomic mass is 10.0. The van der Waals surface area contributed by atoms with E-state index in [1.807, 2.05) is 0 Å². The highest BCUT2D eigenvalue weighted by Crippen LogP contribution is 2.33. The van der Waals surface area contributed by atoms with Gasteiger partial charge in [-0.2, -0.15) is 13.2 Å². The number of alkyl halides is 3. The number of hydrogen-bond acceptors (Lipinski definition) is 4. The first-order chi connectivity index (χ1) is 14.1. The van der Waals surface area contributed by atoms with Crippen LogP contribution >= 0.6 is 22.9 Å². The van der Waals surface area contributed by atoms with E-state index < -0.39 is 11.7 Å². The van der Waals surface area contributed by atoms with Crippen LogP contribution in [0.4, 0.5) is 13.2 Å². The Morgan fingerprint density at radius 1 is 1.07 bits per heavy atom. The van der Waals surface area contributed by atoms with E-state index in [1.165, 1.54) is 24.3 Å². The smallest absolute Gasteiger partial charge is 0.300 e. The van der Waals surface area contributed by atoms with Gasteiger partial charge in [0.25, 0.3) is 0 Å². The highest BCUT2D eigenvalue weighted by Gasteiger charge is 2.31. The maximum Gasteiger partial charge on any atom is 0.416 e. The van der Waals surface area contributed by atoms with Crippen molar-refractivity contribution in [2.75, 3.05) is 0 Å². The van der Waals surface area contributed by atoms with E-state index in [0.717, 1.165) is 22.6 Å². The van der Waals surface area contributed by atoms with Gasteiger partial charge in [0.2, 0.25) is 0 Å². The number of rotatable bonds is 7. The van der Waals surface area contributed by atoms with Gasteiger partial charge in [-0.15, -0.1) is 11.3 Å². The van der Waals surface area contributed by atoms with Crippen molar-refractivity contribution in [1.82, 2.24) is 4.98 Å². The Morgan fingerprint density at radius 3 is 2.40 bits per heavy atom. The van der Waals surface area contributed by atoms with Crippen LogP contribution in [0, 0.1) is 0 Å². The number of Topliss-reactive ketones (excluding diaryl/α,β-unsaturated/α-hetero) is 2. The van der Waals surface area contributed by atoms with E-state index in [2.05, 4.69) is 4.98 Å². The molecular formula is C22H17ClF3NO2S. The van der Waals surface area contributed by atoms with Gasteiger partial charge in [0.1, 0.15) is 10.8 Å². The Hall–Kier alpha value is -2.51. The zero-order valence-corrected chi connectivity index (χ0v) is 17.5. The van der Waals surface area contributed by atoms with Crippen molar-refractivity contribution in [2.45, 2.75) is 32.4 Å². The molecule has 3 rings (SSSR count). The predicted octanol–water partition coefficient (Wildman–Crippen LogP) is 5.96. The highest BCUT2D eigenvalue weighted by atomic mass is 35.5. The Morgan fingerprint density at radius 2 is 1.77 bits per heavy atom. The summed E-state index contributed by atoms with van der Waals surface area (Å²) in [6.45, 7) is 1.51. The van der Waals surface area contributed by atoms with Crippen LogP contribution in [0.25, 0.3) is 0 Å². The van der Waals surface area contributed by atoms with Gasteiger partial charge < -0.3 is 0 Å². The first-order valence-electron chi connectivity index (χ1n) is 9.02. The van der Waals surface area contributed by atoms with Gasteiger partial charge in [0.15, 0.2) is 5.78 Å². The second-order valence-corrected chi connectivity index (χ2v) is 8.48. The summed E-state index contributed by atoms with van der Waals surface area (Å²) >= 11 is 7.32. The molecule has 0 saturated carbocycles. The van der Waals surface area contributed by atoms with Gasteiger partial charge in [0, 0.05) is 34.5 Å². The van der Waals surface area contributed by atoms with E-state index in [0.29, 0.717) is 22.6 Å². The molecule has 0 radical (unpaired) electrons. The van der Waals surface area contributed by atoms with Gasteiger partial charge in [0.05, 0.1) is 12.0 Å². The molecule has 0 aliphatic rings. The Bertz CT molecular complexity index is 1070. The summed E-state index contributed by atoms with van der Waals surface area (Å²) in [7, 11) is 0. The van der Waals surface area contributed by atoms with Crippen molar-refractivity contribution >= 4 is 34.5 Å². The monoisotopic (exact) mass is 451 g/mol. The number of carbonyl (C=O) groups is 2. The van der Waals surface area contributed by atoms with Crippen molar-refractivity contribution < 1.29 is 22.8 Å². The van der Waals surface area contributed by atoms with Gasteiger partial charge in [-0.05, 0) is 36.2 Å². The van der Waals surface area contributed by atoms with Gasteiger partial charge >= 0.3 is 6.18 Å². The molecule has 0 amide bonds. The van der Waals surface area contributed by atoms with Crippen LogP contribution in [0.2, 0.25) is 5.02 Å². The van der Waals surface area contributed by atoms with Crippen LogP contribution in [0.3, 0.4) is 0 Å². The SMILES string of the molecule is CC(=O)Cc1ccc(C(=O)Cc2ncc(Cc3cc(C(F)(F)F)ccc3Cl)s2)cc1. The third-order valence-corrected chi connectivity index (χ3v) is 5.75. The normalized spacial score (nSPS) is 11.5. The zero-order chi connectivity index (χ0) is 21.9. The third-order valence-electron chi connectivity index (χ3n) is 4.38. The number of aromatic nitrogens is 1. The number of hydrogen-bond donors (Lipinski definition) is 0. The minimum atomic E-state index is -4.44. The van der Waals surface area contributed by atoms with Crippen LogP contribution in [0.15, 0.2) is 48.7 Å². The molecule has 156 valence electrons. The van der Waals surface area contributed by atoms with Crippen LogP contribution < -0.4 is 0 Å². The molecule has 0 spiro atoms. The van der Waals surface area contributed by atoms with Crippen molar-refractivity contribution in [3.63, 3.8) is 0 Å². The van der Waals surface area contributed by atoms with E-state index >= 15 is 0 Å². The fourth-order valence-electron chi connectivity index (χ4n) is 2.92. The van der Waals surface area contributed by atoms with Crippen LogP contribution in [-0.4, -0.2) is 16.6 Å². The molecule has 2 aromatic carbocycles. The zero-order valence-electron chi connectivity index (χ0n) is 15.9. The van der Waals surface area contributed by atoms with Crippen LogP contribution in [0.1, 0.15) is 43.9 Å². The summed E-state index contributed by atoms with van der Waals surface area (Å²) in [5, 5.41) is 0.825. The molecule has 0 fully saturated rings. The van der Waals surface area contributed by atoms with E-state index in [4.69, 9.17) is 11.6 Å². The summed E-state index contributed by atoms with van der Waals surface area (Å²) in [5.74, 6) is -0.0763. The van der Waals surface area contributed by atoms with E-state index in [9.17, 15) is 22.8 Å². The standard InChI is InChI=1S/C22H17ClF3NO2S/c1-13(28)8-14-2-4-15(5-3-14)20(29)11-21-27-12-18(30-21)10-16-9-17(22(24,25)26)6-7-19(16)23/h2-7,9,12H,8,10-11H2,1H3. The molecular weight excluding hydrogens is 435 g/mol. The third kappa shape index (κ3) is 5.77. The first-order valence-corrected chi connectivity index (χ1v) is 10.2. The Kier molecular flexibility index (Phi) is 6.73. The molecule has 0 saturated heterocycles. The molecule has 0 bridgehead atoms. The summed E-state index contributed by atoms with van der Waals surface area (Å²) in [6, 6.07) is 10.1. The number of nitrogens with zero attached hydrogens (tertiary/aromatic N) is 1. The predicted molar refractivity (Wildman–Crippen MR) is 110 cm³/mol. The molecule has 3 nitrogen and oxygen atoms in total. The number of ketones is 2. The maximum absolute atomic E-state index is 12.9. The average Bonchev–Trinajstić information content (AvgIpc) is 3.09. The van der Waals surface area contributed by atoms with E-state index in [-0.39, 0.29) is 29.4 Å². The van der Waals surface area contributed by atoms with Crippen LogP contribution in [0.5, 0.6) is 0 Å². The lowest BCUT2D eigenvalue weighted by Gasteiger charge is -2.09. The summed E-state index contributed by atoms with van der Waals surface area (Å²) < 4.78 is 38.8. The lowest BCUT2D eigenvalue weighted by Crippen LogP contribution is -2.05. The first kappa shape index (κ1) is 22.2. The van der Waals surface area contributed by atoms with Crippen LogP contribution in [-0.2, 0) is 30.2 Å². The number of thiazole rings is 1. The summed E-state index contributed by atoms with van der Waals surface area (Å²) in [4.78, 5) is 28.6. The quantitative estimate of drug-likeness (QED) is 0.416. The molecule has 0 aliphatic heterocycles. The largest absolute Gasteiger partial charge is 0.416 e. The minimum Gasteiger partial charge on any atom is -0.300 e. The molecule has 0 atom stereocenters. The van der Waals surface area contributed by atoms with Gasteiger partial charge in [-0.25, -0.2) is 4.98 Å². The lowest BCUT2D eigenvalue weighted by molar-refractivity contribution is -0.137. The molecule has 1 aromatic heterocycles. The molecule has 3 aromatic rings. The fourth-order valence-corrected chi connectivity index (χ4v) is 4.05. The average molecular weight is 452 g/mol. The van der Waals surface area contributed by atoms with Crippen molar-refractivity contribution in [2.24, 2.45) is 0 Å². The highest BCUT2D eigenvalue weighted by molar-refractivity contribution is 7.11. The van der Waals surface area contributed by atoms with Crippen molar-refractivity contribution in [1.29, 1.82) is 0 Å². The summed E-state index contributed by atoms with van der Waals surface area (Å²) in [6.07, 6.45) is -2.27. The maximum atomic E-state index is 12.9. The molecule has 1 heterocycles. The molecule has 30 heavy (non-hydrogen) atoms. The molecule has 0 unspecified atom stereocenters. The molecule has 0 aliphatic carbocycles. The van der Waals surface area contributed by atoms with Gasteiger partial charge in [-0.1, -0.05) is 35.9 Å². The topological polar surface area (TPSA) is 47.0 Å². The second kappa shape index (κ2) is 9.10.